The summed E-state index contributed by atoms with van der Waals surface area (Å²) in [5.74, 6) is 1.36. The maximum Gasteiger partial charge on any atom is 0.238 e. The number of halogens is 1. The number of fused-ring (bicyclic) bond motifs is 1. The smallest absolute Gasteiger partial charge is 0.238 e. The summed E-state index contributed by atoms with van der Waals surface area (Å²) in [7, 11) is 1.75. The number of hydrogen-bond acceptors (Lipinski definition) is 3. The molecule has 1 aromatic rings. The molecule has 0 radical (unpaired) electrons. The van der Waals surface area contributed by atoms with Gasteiger partial charge in [-0.1, -0.05) is 0 Å². The molecule has 0 fully saturated rings. The highest BCUT2D eigenvalue weighted by atomic mass is 79.9. The van der Waals surface area contributed by atoms with Gasteiger partial charge in [-0.2, -0.15) is 0 Å². The van der Waals surface area contributed by atoms with Gasteiger partial charge in [-0.05, 0) is 22.0 Å². The summed E-state index contributed by atoms with van der Waals surface area (Å²) in [5, 5.41) is 0. The van der Waals surface area contributed by atoms with Crippen molar-refractivity contribution in [3.63, 3.8) is 0 Å². The van der Waals surface area contributed by atoms with E-state index in [1.54, 1.807) is 18.1 Å². The van der Waals surface area contributed by atoms with Crippen LogP contribution in [0.3, 0.4) is 0 Å². The molecule has 0 bridgehead atoms. The van der Waals surface area contributed by atoms with Crippen molar-refractivity contribution in [1.29, 1.82) is 0 Å². The Labute approximate surface area is 88.7 Å². The number of aromatic nitrogens is 1. The summed E-state index contributed by atoms with van der Waals surface area (Å²) >= 11 is 4.88. The molecule has 1 aromatic heterocycles. The number of anilines is 1. The molecule has 13 heavy (non-hydrogen) atoms. The topological polar surface area (TPSA) is 33.2 Å². The van der Waals surface area contributed by atoms with Crippen molar-refractivity contribution in [2.45, 2.75) is 4.90 Å². The highest BCUT2D eigenvalue weighted by molar-refractivity contribution is 9.10. The Bertz CT molecular complexity index is 369. The molecule has 1 aliphatic rings. The van der Waals surface area contributed by atoms with Crippen LogP contribution in [0.4, 0.5) is 5.82 Å². The van der Waals surface area contributed by atoms with Gasteiger partial charge in [0, 0.05) is 17.7 Å². The zero-order valence-corrected chi connectivity index (χ0v) is 9.35. The average molecular weight is 259 g/mol. The van der Waals surface area contributed by atoms with Crippen molar-refractivity contribution < 1.29 is 4.79 Å². The first-order chi connectivity index (χ1) is 6.18. The Morgan fingerprint density at radius 1 is 1.69 bits per heavy atom. The SMILES string of the molecule is CN1C(=O)CSc2cc(Br)cnc21. The van der Waals surface area contributed by atoms with Crippen LogP contribution in [-0.2, 0) is 4.79 Å². The zero-order valence-electron chi connectivity index (χ0n) is 6.95. The van der Waals surface area contributed by atoms with Crippen molar-refractivity contribution in [2.24, 2.45) is 0 Å². The van der Waals surface area contributed by atoms with Gasteiger partial charge in [0.2, 0.25) is 5.91 Å². The zero-order chi connectivity index (χ0) is 9.42. The van der Waals surface area contributed by atoms with Crippen LogP contribution < -0.4 is 4.90 Å². The normalized spacial score (nSPS) is 15.8. The van der Waals surface area contributed by atoms with Crippen LogP contribution in [-0.4, -0.2) is 23.7 Å². The summed E-state index contributed by atoms with van der Waals surface area (Å²) < 4.78 is 0.946. The monoisotopic (exact) mass is 258 g/mol. The van der Waals surface area contributed by atoms with Crippen LogP contribution in [0.25, 0.3) is 0 Å². The number of hydrogen-bond donors (Lipinski definition) is 0. The van der Waals surface area contributed by atoms with E-state index in [0.717, 1.165) is 15.2 Å². The van der Waals surface area contributed by atoms with Gasteiger partial charge < -0.3 is 0 Å². The predicted molar refractivity (Wildman–Crippen MR) is 56.1 cm³/mol. The maximum atomic E-state index is 11.3. The quantitative estimate of drug-likeness (QED) is 0.713. The fourth-order valence-electron chi connectivity index (χ4n) is 1.13. The van der Waals surface area contributed by atoms with E-state index < -0.39 is 0 Å². The van der Waals surface area contributed by atoms with Gasteiger partial charge in [-0.3, -0.25) is 9.69 Å². The van der Waals surface area contributed by atoms with Crippen molar-refractivity contribution in [3.05, 3.63) is 16.7 Å². The van der Waals surface area contributed by atoms with Crippen LogP contribution in [0.5, 0.6) is 0 Å². The van der Waals surface area contributed by atoms with E-state index in [0.29, 0.717) is 5.75 Å². The van der Waals surface area contributed by atoms with Gasteiger partial charge in [0.25, 0.3) is 0 Å². The lowest BCUT2D eigenvalue weighted by Crippen LogP contribution is -2.32. The minimum atomic E-state index is 0.104. The van der Waals surface area contributed by atoms with Gasteiger partial charge in [0.1, 0.15) is 5.82 Å². The Morgan fingerprint density at radius 2 is 2.46 bits per heavy atom. The molecule has 0 spiro atoms. The van der Waals surface area contributed by atoms with Crippen molar-refractivity contribution >= 4 is 39.4 Å². The van der Waals surface area contributed by atoms with Gasteiger partial charge >= 0.3 is 0 Å². The third-order valence-corrected chi connectivity index (χ3v) is 3.28. The lowest BCUT2D eigenvalue weighted by atomic mass is 10.4. The number of pyridine rings is 1. The lowest BCUT2D eigenvalue weighted by Gasteiger charge is -2.23. The molecule has 0 N–H and O–H groups in total. The van der Waals surface area contributed by atoms with Crippen LogP contribution >= 0.6 is 27.7 Å². The Hall–Kier alpha value is -0.550. The second-order valence-corrected chi connectivity index (χ2v) is 4.65. The summed E-state index contributed by atoms with van der Waals surface area (Å²) in [5.41, 5.74) is 0. The molecule has 0 unspecified atom stereocenters. The van der Waals surface area contributed by atoms with Crippen LogP contribution in [0, 0.1) is 0 Å². The van der Waals surface area contributed by atoms with E-state index in [2.05, 4.69) is 20.9 Å². The Balaban J connectivity index is 2.49. The molecule has 2 rings (SSSR count). The first-order valence-electron chi connectivity index (χ1n) is 3.73. The van der Waals surface area contributed by atoms with Crippen molar-refractivity contribution in [1.82, 2.24) is 4.98 Å². The molecule has 0 saturated heterocycles. The molecule has 68 valence electrons. The van der Waals surface area contributed by atoms with E-state index in [-0.39, 0.29) is 5.91 Å². The molecular weight excluding hydrogens is 252 g/mol. The van der Waals surface area contributed by atoms with E-state index in [9.17, 15) is 4.79 Å². The number of amides is 1. The molecule has 0 aliphatic carbocycles. The molecular formula is C8H7BrN2OS. The van der Waals surface area contributed by atoms with Crippen LogP contribution in [0.15, 0.2) is 21.6 Å². The molecule has 5 heteroatoms. The van der Waals surface area contributed by atoms with E-state index in [1.807, 2.05) is 6.07 Å². The minimum absolute atomic E-state index is 0.104. The largest absolute Gasteiger partial charge is 0.298 e. The Morgan fingerprint density at radius 3 is 3.23 bits per heavy atom. The van der Waals surface area contributed by atoms with Gasteiger partial charge in [0.05, 0.1) is 10.6 Å². The third-order valence-electron chi connectivity index (χ3n) is 1.84. The summed E-state index contributed by atoms with van der Waals surface area (Å²) in [6, 6.07) is 1.98. The summed E-state index contributed by atoms with van der Waals surface area (Å²) in [6.07, 6.45) is 1.70. The number of carbonyl (C=O) groups excluding carboxylic acids is 1. The molecule has 0 aromatic carbocycles. The molecule has 0 atom stereocenters. The highest BCUT2D eigenvalue weighted by Crippen LogP contribution is 2.34. The summed E-state index contributed by atoms with van der Waals surface area (Å²) in [4.78, 5) is 18.1. The summed E-state index contributed by atoms with van der Waals surface area (Å²) in [6.45, 7) is 0. The fourth-order valence-corrected chi connectivity index (χ4v) is 2.61. The van der Waals surface area contributed by atoms with E-state index >= 15 is 0 Å². The third kappa shape index (κ3) is 1.58. The number of carbonyl (C=O) groups is 1. The first-order valence-corrected chi connectivity index (χ1v) is 5.51. The molecule has 1 aliphatic heterocycles. The fraction of sp³-hybridized carbons (Fsp3) is 0.250. The number of rotatable bonds is 0. The standard InChI is InChI=1S/C8H7BrN2OS/c1-11-7(12)4-13-6-2-5(9)3-10-8(6)11/h2-3H,4H2,1H3. The van der Waals surface area contributed by atoms with Crippen molar-refractivity contribution in [3.8, 4) is 0 Å². The van der Waals surface area contributed by atoms with Gasteiger partial charge in [-0.15, -0.1) is 11.8 Å². The molecule has 1 amide bonds. The molecule has 0 saturated carbocycles. The second-order valence-electron chi connectivity index (χ2n) is 2.72. The minimum Gasteiger partial charge on any atom is -0.298 e. The first kappa shape index (κ1) is 9.02. The number of nitrogens with zero attached hydrogens (tertiary/aromatic N) is 2. The van der Waals surface area contributed by atoms with E-state index in [4.69, 9.17) is 0 Å². The van der Waals surface area contributed by atoms with Crippen LogP contribution in [0.2, 0.25) is 0 Å². The highest BCUT2D eigenvalue weighted by Gasteiger charge is 2.22. The molecule has 2 heterocycles. The number of thioether (sulfide) groups is 1. The lowest BCUT2D eigenvalue weighted by molar-refractivity contribution is -0.116. The van der Waals surface area contributed by atoms with E-state index in [1.165, 1.54) is 11.8 Å². The van der Waals surface area contributed by atoms with Gasteiger partial charge in [-0.25, -0.2) is 4.98 Å². The second kappa shape index (κ2) is 3.31. The van der Waals surface area contributed by atoms with Crippen LogP contribution in [0.1, 0.15) is 0 Å². The van der Waals surface area contributed by atoms with Gasteiger partial charge in [0.15, 0.2) is 0 Å². The molecule has 3 nitrogen and oxygen atoms in total. The Kier molecular flexibility index (Phi) is 2.29. The maximum absolute atomic E-state index is 11.3. The van der Waals surface area contributed by atoms with Crippen molar-refractivity contribution in [2.75, 3.05) is 17.7 Å². The predicted octanol–water partition coefficient (Wildman–Crippen LogP) is 1.91. The average Bonchev–Trinajstić information content (AvgIpc) is 2.12.